The fourth-order valence-electron chi connectivity index (χ4n) is 2.18. The van der Waals surface area contributed by atoms with Gasteiger partial charge in [-0.1, -0.05) is 20.3 Å². The smallest absolute Gasteiger partial charge is 0.312 e. The van der Waals surface area contributed by atoms with E-state index in [1.807, 2.05) is 6.92 Å². The Labute approximate surface area is 116 Å². The van der Waals surface area contributed by atoms with Gasteiger partial charge in [-0.2, -0.15) is 0 Å². The highest BCUT2D eigenvalue weighted by atomic mass is 16.2. The Hall–Kier alpha value is -1.10. The molecule has 0 spiro atoms. The summed E-state index contributed by atoms with van der Waals surface area (Å²) in [5.74, 6) is -0.249. The van der Waals surface area contributed by atoms with Crippen LogP contribution in [0.5, 0.6) is 0 Å². The molecule has 1 fully saturated rings. The summed E-state index contributed by atoms with van der Waals surface area (Å²) in [6.07, 6.45) is 1.93. The molecule has 0 aromatic carbocycles. The maximum Gasteiger partial charge on any atom is 0.312 e. The second-order valence-corrected chi connectivity index (χ2v) is 5.25. The minimum absolute atomic E-state index is 0.339. The number of hydrogen-bond donors (Lipinski definition) is 1. The Balaban J connectivity index is 2.59. The third-order valence-electron chi connectivity index (χ3n) is 3.71. The molecule has 1 rings (SSSR count). The highest BCUT2D eigenvalue weighted by molar-refractivity contribution is 6.34. The van der Waals surface area contributed by atoms with E-state index >= 15 is 0 Å². The lowest BCUT2D eigenvalue weighted by Gasteiger charge is -2.27. The minimum atomic E-state index is -0.343. The molecule has 2 amide bonds. The Morgan fingerprint density at radius 2 is 2.00 bits per heavy atom. The molecule has 1 N–H and O–H groups in total. The van der Waals surface area contributed by atoms with Crippen LogP contribution in [-0.4, -0.2) is 60.9 Å². The van der Waals surface area contributed by atoms with Gasteiger partial charge in [0.2, 0.25) is 0 Å². The molecule has 19 heavy (non-hydrogen) atoms. The number of amides is 2. The van der Waals surface area contributed by atoms with Gasteiger partial charge in [-0.15, -0.1) is 0 Å². The summed E-state index contributed by atoms with van der Waals surface area (Å²) in [4.78, 5) is 27.8. The molecule has 0 bridgehead atoms. The maximum atomic E-state index is 12.3. The standard InChI is InChI=1S/C14H27N3O2/c1-4-12(3)11-16(5-2)13(18)14(19)17-9-6-7-15-8-10-17/h12,15H,4-11H2,1-3H3. The molecule has 1 heterocycles. The third-order valence-corrected chi connectivity index (χ3v) is 3.71. The average molecular weight is 269 g/mol. The number of nitrogens with zero attached hydrogens (tertiary/aromatic N) is 2. The Kier molecular flexibility index (Phi) is 6.84. The second kappa shape index (κ2) is 8.15. The zero-order valence-corrected chi connectivity index (χ0v) is 12.4. The molecule has 0 aromatic rings. The predicted octanol–water partition coefficient (Wildman–Crippen LogP) is 0.703. The first kappa shape index (κ1) is 16.0. The lowest BCUT2D eigenvalue weighted by molar-refractivity contribution is -0.152. The van der Waals surface area contributed by atoms with Gasteiger partial charge in [0, 0.05) is 32.7 Å². The van der Waals surface area contributed by atoms with E-state index in [2.05, 4.69) is 19.2 Å². The molecular weight excluding hydrogens is 242 g/mol. The molecule has 0 aromatic heterocycles. The van der Waals surface area contributed by atoms with Crippen LogP contribution in [0.25, 0.3) is 0 Å². The first-order valence-electron chi connectivity index (χ1n) is 7.39. The van der Waals surface area contributed by atoms with E-state index in [-0.39, 0.29) is 11.8 Å². The topological polar surface area (TPSA) is 52.7 Å². The molecule has 110 valence electrons. The molecule has 1 atom stereocenters. The van der Waals surface area contributed by atoms with Gasteiger partial charge in [0.05, 0.1) is 0 Å². The van der Waals surface area contributed by atoms with Crippen molar-refractivity contribution >= 4 is 11.8 Å². The quantitative estimate of drug-likeness (QED) is 0.765. The van der Waals surface area contributed by atoms with Gasteiger partial charge in [-0.25, -0.2) is 0 Å². The number of nitrogens with one attached hydrogen (secondary N) is 1. The first-order valence-corrected chi connectivity index (χ1v) is 7.39. The van der Waals surface area contributed by atoms with Crippen LogP contribution in [0.1, 0.15) is 33.6 Å². The molecule has 5 heteroatoms. The van der Waals surface area contributed by atoms with Crippen LogP contribution in [0.3, 0.4) is 0 Å². The van der Waals surface area contributed by atoms with Crippen molar-refractivity contribution in [3.63, 3.8) is 0 Å². The molecule has 0 saturated carbocycles. The third kappa shape index (κ3) is 4.82. The summed E-state index contributed by atoms with van der Waals surface area (Å²) in [5.41, 5.74) is 0. The number of likely N-dealkylation sites (N-methyl/N-ethyl adjacent to an activating group) is 1. The lowest BCUT2D eigenvalue weighted by Crippen LogP contribution is -2.47. The largest absolute Gasteiger partial charge is 0.334 e. The van der Waals surface area contributed by atoms with Crippen LogP contribution in [0, 0.1) is 5.92 Å². The van der Waals surface area contributed by atoms with Crippen LogP contribution < -0.4 is 5.32 Å². The Bertz CT molecular complexity index is 299. The summed E-state index contributed by atoms with van der Waals surface area (Å²) in [6.45, 7) is 10.4. The van der Waals surface area contributed by atoms with Crippen molar-refractivity contribution in [3.05, 3.63) is 0 Å². The van der Waals surface area contributed by atoms with Gasteiger partial charge in [0.1, 0.15) is 0 Å². The zero-order valence-electron chi connectivity index (χ0n) is 12.4. The van der Waals surface area contributed by atoms with Crippen molar-refractivity contribution in [2.75, 3.05) is 39.3 Å². The number of rotatable bonds is 4. The van der Waals surface area contributed by atoms with Gasteiger partial charge < -0.3 is 15.1 Å². The summed E-state index contributed by atoms with van der Waals surface area (Å²) >= 11 is 0. The lowest BCUT2D eigenvalue weighted by atomic mass is 10.1. The molecule has 1 unspecified atom stereocenters. The SMILES string of the molecule is CCC(C)CN(CC)C(=O)C(=O)N1CCCNCC1. The van der Waals surface area contributed by atoms with E-state index in [4.69, 9.17) is 0 Å². The molecular formula is C14H27N3O2. The maximum absolute atomic E-state index is 12.3. The number of hydrogen-bond acceptors (Lipinski definition) is 3. The molecule has 1 aliphatic heterocycles. The summed E-state index contributed by atoms with van der Waals surface area (Å²) < 4.78 is 0. The normalized spacial score (nSPS) is 17.7. The fourth-order valence-corrected chi connectivity index (χ4v) is 2.18. The van der Waals surface area contributed by atoms with Crippen LogP contribution in [-0.2, 0) is 9.59 Å². The average Bonchev–Trinajstić information content (AvgIpc) is 2.71. The fraction of sp³-hybridized carbons (Fsp3) is 0.857. The van der Waals surface area contributed by atoms with Gasteiger partial charge in [0.15, 0.2) is 0 Å². The predicted molar refractivity (Wildman–Crippen MR) is 75.8 cm³/mol. The van der Waals surface area contributed by atoms with Crippen molar-refractivity contribution in [2.24, 2.45) is 5.92 Å². The minimum Gasteiger partial charge on any atom is -0.334 e. The number of carbonyl (C=O) groups is 2. The molecule has 5 nitrogen and oxygen atoms in total. The van der Waals surface area contributed by atoms with Crippen molar-refractivity contribution in [3.8, 4) is 0 Å². The van der Waals surface area contributed by atoms with Crippen LogP contribution >= 0.6 is 0 Å². The van der Waals surface area contributed by atoms with Gasteiger partial charge >= 0.3 is 11.8 Å². The van der Waals surface area contributed by atoms with E-state index in [0.29, 0.717) is 32.1 Å². The highest BCUT2D eigenvalue weighted by Crippen LogP contribution is 2.06. The van der Waals surface area contributed by atoms with E-state index < -0.39 is 0 Å². The van der Waals surface area contributed by atoms with Crippen molar-refractivity contribution in [1.82, 2.24) is 15.1 Å². The molecule has 1 saturated heterocycles. The van der Waals surface area contributed by atoms with Gasteiger partial charge in [-0.05, 0) is 25.8 Å². The van der Waals surface area contributed by atoms with Gasteiger partial charge in [0.25, 0.3) is 0 Å². The monoisotopic (exact) mass is 269 g/mol. The van der Waals surface area contributed by atoms with Crippen molar-refractivity contribution in [2.45, 2.75) is 33.6 Å². The molecule has 1 aliphatic rings. The van der Waals surface area contributed by atoms with Crippen LogP contribution in [0.15, 0.2) is 0 Å². The van der Waals surface area contributed by atoms with E-state index in [1.165, 1.54) is 0 Å². The zero-order chi connectivity index (χ0) is 14.3. The van der Waals surface area contributed by atoms with Gasteiger partial charge in [-0.3, -0.25) is 9.59 Å². The van der Waals surface area contributed by atoms with E-state index in [1.54, 1.807) is 9.80 Å². The van der Waals surface area contributed by atoms with E-state index in [0.717, 1.165) is 25.9 Å². The van der Waals surface area contributed by atoms with Crippen LogP contribution in [0.2, 0.25) is 0 Å². The summed E-state index contributed by atoms with van der Waals surface area (Å²) in [6, 6.07) is 0. The molecule has 0 aliphatic carbocycles. The molecule has 0 radical (unpaired) electrons. The van der Waals surface area contributed by atoms with Crippen molar-refractivity contribution in [1.29, 1.82) is 0 Å². The highest BCUT2D eigenvalue weighted by Gasteiger charge is 2.27. The summed E-state index contributed by atoms with van der Waals surface area (Å²) in [5, 5.41) is 3.24. The Morgan fingerprint density at radius 1 is 1.26 bits per heavy atom. The van der Waals surface area contributed by atoms with E-state index in [9.17, 15) is 9.59 Å². The summed E-state index contributed by atoms with van der Waals surface area (Å²) in [7, 11) is 0. The second-order valence-electron chi connectivity index (χ2n) is 5.25. The first-order chi connectivity index (χ1) is 9.10. The van der Waals surface area contributed by atoms with Crippen LogP contribution in [0.4, 0.5) is 0 Å². The number of carbonyl (C=O) groups excluding carboxylic acids is 2. The van der Waals surface area contributed by atoms with Crippen molar-refractivity contribution < 1.29 is 9.59 Å². The Morgan fingerprint density at radius 3 is 2.63 bits per heavy atom.